The lowest BCUT2D eigenvalue weighted by Gasteiger charge is -2.34. The van der Waals surface area contributed by atoms with Gasteiger partial charge in [-0.25, -0.2) is 4.39 Å². The van der Waals surface area contributed by atoms with Gasteiger partial charge in [0.1, 0.15) is 5.82 Å². The van der Waals surface area contributed by atoms with Crippen molar-refractivity contribution in [1.82, 2.24) is 35.0 Å². The van der Waals surface area contributed by atoms with Crippen molar-refractivity contribution in [3.05, 3.63) is 101 Å². The third-order valence-electron chi connectivity index (χ3n) is 7.35. The number of rotatable bonds is 7. The molecule has 3 aromatic carbocycles. The van der Waals surface area contributed by atoms with Crippen LogP contribution in [0.1, 0.15) is 36.6 Å². The van der Waals surface area contributed by atoms with E-state index in [0.29, 0.717) is 16.7 Å². The number of benzene rings is 3. The summed E-state index contributed by atoms with van der Waals surface area (Å²) >= 11 is 0. The minimum Gasteiger partial charge on any atom is -0.366 e. The van der Waals surface area contributed by atoms with Crippen molar-refractivity contribution in [2.45, 2.75) is 6.54 Å². The van der Waals surface area contributed by atoms with Gasteiger partial charge in [0, 0.05) is 54.5 Å². The van der Waals surface area contributed by atoms with E-state index in [0.717, 1.165) is 5.56 Å². The first kappa shape index (κ1) is 27.4. The quantitative estimate of drug-likeness (QED) is 0.221. The highest BCUT2D eigenvalue weighted by molar-refractivity contribution is 6.45. The number of ketones is 1. The third-order valence-corrected chi connectivity index (χ3v) is 7.35. The Hall–Kier alpha value is -5.72. The minimum atomic E-state index is -0.860. The molecule has 0 saturated carbocycles. The predicted octanol–water partition coefficient (Wildman–Crippen LogP) is 2.27. The van der Waals surface area contributed by atoms with Crippen molar-refractivity contribution in [2.24, 2.45) is 5.73 Å². The van der Waals surface area contributed by atoms with Crippen LogP contribution in [-0.4, -0.2) is 84.7 Å². The van der Waals surface area contributed by atoms with Crippen molar-refractivity contribution >= 4 is 34.4 Å². The largest absolute Gasteiger partial charge is 0.366 e. The second kappa shape index (κ2) is 11.3. The van der Waals surface area contributed by atoms with Gasteiger partial charge in [0.15, 0.2) is 0 Å². The van der Waals surface area contributed by atoms with Gasteiger partial charge in [0.05, 0.1) is 17.6 Å². The zero-order valence-electron chi connectivity index (χ0n) is 22.7. The molecule has 1 fully saturated rings. The Bertz CT molecular complexity index is 1860. The number of tetrazole rings is 1. The first-order chi connectivity index (χ1) is 20.8. The Balaban J connectivity index is 1.18. The summed E-state index contributed by atoms with van der Waals surface area (Å²) in [5.74, 6) is -2.81. The Morgan fingerprint density at radius 3 is 2.26 bits per heavy atom. The maximum atomic E-state index is 15.1. The van der Waals surface area contributed by atoms with Crippen LogP contribution in [0, 0.1) is 5.82 Å². The number of hydrogen-bond acceptors (Lipinski definition) is 7. The van der Waals surface area contributed by atoms with E-state index in [2.05, 4.69) is 20.4 Å². The lowest BCUT2D eigenvalue weighted by atomic mass is 10.0. The van der Waals surface area contributed by atoms with Gasteiger partial charge in [-0.2, -0.15) is 4.80 Å². The summed E-state index contributed by atoms with van der Waals surface area (Å²) in [5.41, 5.74) is 7.55. The van der Waals surface area contributed by atoms with Crippen LogP contribution in [0.5, 0.6) is 0 Å². The number of Topliss-reactive ketones (excluding diaryl/α,β-unsaturated/α-hetero) is 1. The average Bonchev–Trinajstić information content (AvgIpc) is 3.69. The number of H-pyrrole nitrogens is 1. The normalized spacial score (nSPS) is 13.3. The van der Waals surface area contributed by atoms with Crippen LogP contribution < -0.4 is 5.73 Å². The fraction of sp³-hybridized carbons (Fsp3) is 0.167. The lowest BCUT2D eigenvalue weighted by Crippen LogP contribution is -2.52. The Kier molecular flexibility index (Phi) is 7.20. The number of amides is 3. The molecule has 0 spiro atoms. The molecule has 0 radical (unpaired) electrons. The van der Waals surface area contributed by atoms with Gasteiger partial charge in [-0.3, -0.25) is 19.2 Å². The molecule has 2 aromatic heterocycles. The van der Waals surface area contributed by atoms with Crippen LogP contribution in [0.25, 0.3) is 22.3 Å². The molecular formula is C30H25FN8O4. The van der Waals surface area contributed by atoms with Crippen LogP contribution in [0.15, 0.2) is 72.9 Å². The molecule has 12 nitrogen and oxygen atoms in total. The summed E-state index contributed by atoms with van der Waals surface area (Å²) in [6.45, 7) is 1.16. The van der Waals surface area contributed by atoms with Crippen molar-refractivity contribution in [3.8, 4) is 11.4 Å². The Morgan fingerprint density at radius 1 is 0.860 bits per heavy atom. The van der Waals surface area contributed by atoms with Crippen LogP contribution in [0.3, 0.4) is 0 Å². The molecular weight excluding hydrogens is 555 g/mol. The SMILES string of the molecule is NC(=O)c1ccc(Cn2nnc(-c3ccc(F)c4c(C(=O)C(=O)N5CCN(C(=O)c6ccccc6)CC5)c[nH]c34)n2)cc1. The number of nitrogens with zero attached hydrogens (tertiary/aromatic N) is 6. The van der Waals surface area contributed by atoms with Gasteiger partial charge in [-0.1, -0.05) is 30.3 Å². The van der Waals surface area contributed by atoms with Gasteiger partial charge in [-0.05, 0) is 47.2 Å². The van der Waals surface area contributed by atoms with Gasteiger partial charge in [-0.15, -0.1) is 10.2 Å². The molecule has 43 heavy (non-hydrogen) atoms. The Morgan fingerprint density at radius 2 is 1.56 bits per heavy atom. The summed E-state index contributed by atoms with van der Waals surface area (Å²) in [4.78, 5) is 57.7. The number of nitrogens with one attached hydrogen (secondary N) is 1. The third kappa shape index (κ3) is 5.35. The van der Waals surface area contributed by atoms with Gasteiger partial charge < -0.3 is 20.5 Å². The number of aromatic nitrogens is 5. The summed E-state index contributed by atoms with van der Waals surface area (Å²) < 4.78 is 15.1. The average molecular weight is 581 g/mol. The molecule has 3 heterocycles. The molecule has 6 rings (SSSR count). The molecule has 0 atom stereocenters. The number of primary amides is 1. The molecule has 0 unspecified atom stereocenters. The number of aromatic amines is 1. The smallest absolute Gasteiger partial charge is 0.295 e. The summed E-state index contributed by atoms with van der Waals surface area (Å²) in [6, 6.07) is 18.1. The van der Waals surface area contributed by atoms with E-state index in [1.54, 1.807) is 53.4 Å². The molecule has 3 amide bonds. The monoisotopic (exact) mass is 580 g/mol. The molecule has 1 aliphatic heterocycles. The number of halogens is 1. The van der Waals surface area contributed by atoms with Crippen LogP contribution in [-0.2, 0) is 11.3 Å². The molecule has 0 aliphatic carbocycles. The minimum absolute atomic E-state index is 0.0490. The highest BCUT2D eigenvalue weighted by Gasteiger charge is 2.31. The van der Waals surface area contributed by atoms with Crippen molar-refractivity contribution in [2.75, 3.05) is 26.2 Å². The second-order valence-corrected chi connectivity index (χ2v) is 10.0. The second-order valence-electron chi connectivity index (χ2n) is 10.0. The fourth-order valence-electron chi connectivity index (χ4n) is 5.06. The number of carbonyl (C=O) groups excluding carboxylic acids is 4. The zero-order valence-corrected chi connectivity index (χ0v) is 22.7. The van der Waals surface area contributed by atoms with Crippen molar-refractivity contribution < 1.29 is 23.6 Å². The Labute approximate surface area is 243 Å². The van der Waals surface area contributed by atoms with E-state index < -0.39 is 23.4 Å². The maximum absolute atomic E-state index is 15.1. The number of hydrogen-bond donors (Lipinski definition) is 2. The molecule has 0 bridgehead atoms. The zero-order chi connectivity index (χ0) is 30.1. The van der Waals surface area contributed by atoms with E-state index in [1.807, 2.05) is 6.07 Å². The van der Waals surface area contributed by atoms with Gasteiger partial charge in [0.25, 0.3) is 17.6 Å². The van der Waals surface area contributed by atoms with E-state index in [9.17, 15) is 19.2 Å². The molecule has 1 aliphatic rings. The topological polar surface area (TPSA) is 160 Å². The fourth-order valence-corrected chi connectivity index (χ4v) is 5.06. The van der Waals surface area contributed by atoms with Crippen LogP contribution >= 0.6 is 0 Å². The standard InChI is InChI=1S/C30H25FN8O4/c31-23-11-10-21(28-34-36-39(35-28)17-18-6-8-19(9-7-18)27(32)41)25-24(23)22(16-33-25)26(40)30(43)38-14-12-37(13-15-38)29(42)20-4-2-1-3-5-20/h1-11,16,33H,12-15,17H2,(H2,32,41). The van der Waals surface area contributed by atoms with Gasteiger partial charge >= 0.3 is 0 Å². The van der Waals surface area contributed by atoms with Crippen LogP contribution in [0.4, 0.5) is 4.39 Å². The summed E-state index contributed by atoms with van der Waals surface area (Å²) in [7, 11) is 0. The van der Waals surface area contributed by atoms with Crippen molar-refractivity contribution in [3.63, 3.8) is 0 Å². The van der Waals surface area contributed by atoms with Gasteiger partial charge in [0.2, 0.25) is 11.7 Å². The first-order valence-electron chi connectivity index (χ1n) is 13.4. The molecule has 1 saturated heterocycles. The van der Waals surface area contributed by atoms with E-state index >= 15 is 4.39 Å². The number of fused-ring (bicyclic) bond motifs is 1. The van der Waals surface area contributed by atoms with Crippen LogP contribution in [0.2, 0.25) is 0 Å². The van der Waals surface area contributed by atoms with Crippen molar-refractivity contribution in [1.29, 1.82) is 0 Å². The first-order valence-corrected chi connectivity index (χ1v) is 13.4. The summed E-state index contributed by atoms with van der Waals surface area (Å²) in [5, 5.41) is 12.5. The number of carbonyl (C=O) groups is 4. The van der Waals surface area contributed by atoms with E-state index in [1.165, 1.54) is 28.0 Å². The maximum Gasteiger partial charge on any atom is 0.295 e. The molecule has 216 valence electrons. The predicted molar refractivity (Wildman–Crippen MR) is 152 cm³/mol. The van der Waals surface area contributed by atoms with E-state index in [-0.39, 0.29) is 60.9 Å². The highest BCUT2D eigenvalue weighted by Crippen LogP contribution is 2.30. The number of nitrogens with two attached hydrogens (primary N) is 1. The summed E-state index contributed by atoms with van der Waals surface area (Å²) in [6.07, 6.45) is 1.30. The molecule has 5 aromatic rings. The molecule has 13 heteroatoms. The number of piperazine rings is 1. The molecule has 3 N–H and O–H groups in total. The lowest BCUT2D eigenvalue weighted by molar-refractivity contribution is -0.127. The van der Waals surface area contributed by atoms with E-state index in [4.69, 9.17) is 5.73 Å². The highest BCUT2D eigenvalue weighted by atomic mass is 19.1.